The Kier molecular flexibility index (Phi) is 5.71. The summed E-state index contributed by atoms with van der Waals surface area (Å²) < 4.78 is 5.13. The van der Waals surface area contributed by atoms with Crippen LogP contribution in [0.1, 0.15) is 23.0 Å². The third kappa shape index (κ3) is 4.44. The Morgan fingerprint density at radius 1 is 1.07 bits per heavy atom. The van der Waals surface area contributed by atoms with E-state index in [1.807, 2.05) is 18.2 Å². The van der Waals surface area contributed by atoms with Crippen molar-refractivity contribution in [3.05, 3.63) is 78.1 Å². The highest BCUT2D eigenvalue weighted by Crippen LogP contribution is 2.26. The molecular weight excluding hydrogens is 338 g/mol. The van der Waals surface area contributed by atoms with E-state index in [0.29, 0.717) is 11.4 Å². The Morgan fingerprint density at radius 2 is 1.81 bits per heavy atom. The minimum Gasteiger partial charge on any atom is -0.497 e. The van der Waals surface area contributed by atoms with Crippen LogP contribution >= 0.6 is 0 Å². The SMILES string of the molecule is CCN(c1cccc(C)c1)c1ccnc(C(=O)Nc2ccc(OC)cc2)c1. The number of amides is 1. The molecule has 1 heterocycles. The van der Waals surface area contributed by atoms with Crippen LogP contribution in [0.3, 0.4) is 0 Å². The number of aryl methyl sites for hydroxylation is 1. The molecule has 0 radical (unpaired) electrons. The molecule has 3 rings (SSSR count). The average molecular weight is 361 g/mol. The van der Waals surface area contributed by atoms with E-state index in [1.165, 1.54) is 5.56 Å². The molecule has 5 nitrogen and oxygen atoms in total. The topological polar surface area (TPSA) is 54.5 Å². The van der Waals surface area contributed by atoms with Gasteiger partial charge in [0.25, 0.3) is 5.91 Å². The quantitative estimate of drug-likeness (QED) is 0.685. The van der Waals surface area contributed by atoms with Crippen molar-refractivity contribution in [1.82, 2.24) is 4.98 Å². The molecule has 0 fully saturated rings. The standard InChI is InChI=1S/C22H23N3O2/c1-4-25(18-7-5-6-16(2)14-18)19-12-13-23-21(15-19)22(26)24-17-8-10-20(27-3)11-9-17/h5-15H,4H2,1-3H3,(H,24,26). The molecule has 0 aliphatic heterocycles. The second-order valence-electron chi connectivity index (χ2n) is 6.17. The van der Waals surface area contributed by atoms with Crippen molar-refractivity contribution in [3.8, 4) is 5.75 Å². The van der Waals surface area contributed by atoms with E-state index in [9.17, 15) is 4.79 Å². The number of carbonyl (C=O) groups excluding carboxylic acids is 1. The molecule has 3 aromatic rings. The second-order valence-corrected chi connectivity index (χ2v) is 6.17. The first kappa shape index (κ1) is 18.5. The van der Waals surface area contributed by atoms with Crippen LogP contribution in [0.25, 0.3) is 0 Å². The molecule has 0 bridgehead atoms. The molecule has 0 spiro atoms. The maximum Gasteiger partial charge on any atom is 0.274 e. The zero-order valence-electron chi connectivity index (χ0n) is 15.8. The van der Waals surface area contributed by atoms with Gasteiger partial charge in [-0.05, 0) is 67.9 Å². The summed E-state index contributed by atoms with van der Waals surface area (Å²) >= 11 is 0. The number of nitrogens with zero attached hydrogens (tertiary/aromatic N) is 2. The normalized spacial score (nSPS) is 10.3. The number of methoxy groups -OCH3 is 1. The molecular formula is C22H23N3O2. The lowest BCUT2D eigenvalue weighted by Gasteiger charge is -2.24. The third-order valence-electron chi connectivity index (χ3n) is 4.27. The summed E-state index contributed by atoms with van der Waals surface area (Å²) in [6.45, 7) is 4.94. The minimum absolute atomic E-state index is 0.248. The highest BCUT2D eigenvalue weighted by molar-refractivity contribution is 6.03. The summed E-state index contributed by atoms with van der Waals surface area (Å²) in [5.41, 5.74) is 4.27. The maximum absolute atomic E-state index is 12.6. The van der Waals surface area contributed by atoms with Gasteiger partial charge in [-0.1, -0.05) is 12.1 Å². The fourth-order valence-corrected chi connectivity index (χ4v) is 2.89. The Labute approximate surface area is 159 Å². The fourth-order valence-electron chi connectivity index (χ4n) is 2.89. The van der Waals surface area contributed by atoms with Crippen molar-refractivity contribution in [2.24, 2.45) is 0 Å². The van der Waals surface area contributed by atoms with Crippen molar-refractivity contribution in [2.45, 2.75) is 13.8 Å². The molecule has 0 atom stereocenters. The van der Waals surface area contributed by atoms with Crippen LogP contribution in [-0.2, 0) is 0 Å². The summed E-state index contributed by atoms with van der Waals surface area (Å²) in [6, 6.07) is 19.2. The summed E-state index contributed by atoms with van der Waals surface area (Å²) in [5.74, 6) is 0.493. The number of anilines is 3. The summed E-state index contributed by atoms with van der Waals surface area (Å²) in [7, 11) is 1.61. The Morgan fingerprint density at radius 3 is 2.48 bits per heavy atom. The fraction of sp³-hybridized carbons (Fsp3) is 0.182. The van der Waals surface area contributed by atoms with E-state index in [0.717, 1.165) is 23.7 Å². The van der Waals surface area contributed by atoms with Gasteiger partial charge in [0, 0.05) is 29.8 Å². The van der Waals surface area contributed by atoms with Crippen molar-refractivity contribution in [2.75, 3.05) is 23.9 Å². The number of aromatic nitrogens is 1. The van der Waals surface area contributed by atoms with E-state index in [2.05, 4.69) is 47.2 Å². The predicted octanol–water partition coefficient (Wildman–Crippen LogP) is 4.81. The number of hydrogen-bond acceptors (Lipinski definition) is 4. The van der Waals surface area contributed by atoms with Gasteiger partial charge >= 0.3 is 0 Å². The molecule has 1 amide bonds. The van der Waals surface area contributed by atoms with Crippen LogP contribution in [0.15, 0.2) is 66.9 Å². The lowest BCUT2D eigenvalue weighted by atomic mass is 10.2. The Bertz CT molecular complexity index is 923. The van der Waals surface area contributed by atoms with Gasteiger partial charge in [0.05, 0.1) is 7.11 Å². The molecule has 5 heteroatoms. The molecule has 0 aliphatic rings. The highest BCUT2D eigenvalue weighted by Gasteiger charge is 2.13. The van der Waals surface area contributed by atoms with Gasteiger partial charge in [-0.2, -0.15) is 0 Å². The summed E-state index contributed by atoms with van der Waals surface area (Å²) in [6.07, 6.45) is 1.66. The molecule has 0 unspecified atom stereocenters. The number of nitrogens with one attached hydrogen (secondary N) is 1. The Balaban J connectivity index is 1.82. The van der Waals surface area contributed by atoms with Crippen LogP contribution in [0, 0.1) is 6.92 Å². The van der Waals surface area contributed by atoms with E-state index in [1.54, 1.807) is 37.6 Å². The first-order valence-electron chi connectivity index (χ1n) is 8.86. The van der Waals surface area contributed by atoms with E-state index in [4.69, 9.17) is 4.74 Å². The predicted molar refractivity (Wildman–Crippen MR) is 109 cm³/mol. The summed E-state index contributed by atoms with van der Waals surface area (Å²) in [4.78, 5) is 19.0. The van der Waals surface area contributed by atoms with Gasteiger partial charge in [-0.25, -0.2) is 0 Å². The Hall–Kier alpha value is -3.34. The van der Waals surface area contributed by atoms with Crippen molar-refractivity contribution in [3.63, 3.8) is 0 Å². The van der Waals surface area contributed by atoms with Crippen LogP contribution in [0.4, 0.5) is 17.1 Å². The zero-order chi connectivity index (χ0) is 19.2. The van der Waals surface area contributed by atoms with E-state index < -0.39 is 0 Å². The molecule has 27 heavy (non-hydrogen) atoms. The van der Waals surface area contributed by atoms with E-state index >= 15 is 0 Å². The van der Waals surface area contributed by atoms with Gasteiger partial charge in [0.1, 0.15) is 11.4 Å². The number of carbonyl (C=O) groups is 1. The number of rotatable bonds is 6. The number of benzene rings is 2. The number of hydrogen-bond donors (Lipinski definition) is 1. The third-order valence-corrected chi connectivity index (χ3v) is 4.27. The first-order valence-corrected chi connectivity index (χ1v) is 8.86. The van der Waals surface area contributed by atoms with Gasteiger partial charge in [-0.3, -0.25) is 9.78 Å². The van der Waals surface area contributed by atoms with E-state index in [-0.39, 0.29) is 5.91 Å². The van der Waals surface area contributed by atoms with Gasteiger partial charge in [0.2, 0.25) is 0 Å². The van der Waals surface area contributed by atoms with Crippen molar-refractivity contribution in [1.29, 1.82) is 0 Å². The molecule has 0 aliphatic carbocycles. The number of pyridine rings is 1. The molecule has 1 aromatic heterocycles. The first-order chi connectivity index (χ1) is 13.1. The van der Waals surface area contributed by atoms with Crippen LogP contribution in [-0.4, -0.2) is 24.5 Å². The smallest absolute Gasteiger partial charge is 0.274 e. The second kappa shape index (κ2) is 8.36. The lowest BCUT2D eigenvalue weighted by molar-refractivity contribution is 0.102. The summed E-state index contributed by atoms with van der Waals surface area (Å²) in [5, 5.41) is 2.87. The van der Waals surface area contributed by atoms with Crippen LogP contribution < -0.4 is 15.0 Å². The molecule has 0 saturated carbocycles. The maximum atomic E-state index is 12.6. The molecule has 2 aromatic carbocycles. The largest absolute Gasteiger partial charge is 0.497 e. The lowest BCUT2D eigenvalue weighted by Crippen LogP contribution is -2.18. The van der Waals surface area contributed by atoms with Crippen molar-refractivity contribution >= 4 is 23.0 Å². The molecule has 1 N–H and O–H groups in total. The van der Waals surface area contributed by atoms with Crippen LogP contribution in [0.2, 0.25) is 0 Å². The van der Waals surface area contributed by atoms with Gasteiger partial charge in [0.15, 0.2) is 0 Å². The molecule has 138 valence electrons. The minimum atomic E-state index is -0.248. The number of ether oxygens (including phenoxy) is 1. The van der Waals surface area contributed by atoms with Gasteiger partial charge < -0.3 is 15.0 Å². The highest BCUT2D eigenvalue weighted by atomic mass is 16.5. The van der Waals surface area contributed by atoms with Gasteiger partial charge in [-0.15, -0.1) is 0 Å². The van der Waals surface area contributed by atoms with Crippen molar-refractivity contribution < 1.29 is 9.53 Å². The monoisotopic (exact) mass is 361 g/mol. The van der Waals surface area contributed by atoms with Crippen LogP contribution in [0.5, 0.6) is 5.75 Å². The average Bonchev–Trinajstić information content (AvgIpc) is 2.69. The zero-order valence-corrected chi connectivity index (χ0v) is 15.8. The molecule has 0 saturated heterocycles.